The van der Waals surface area contributed by atoms with Crippen molar-refractivity contribution in [1.29, 1.82) is 0 Å². The lowest BCUT2D eigenvalue weighted by molar-refractivity contribution is 0.0526. The van der Waals surface area contributed by atoms with Crippen LogP contribution in [0.1, 0.15) is 57.7 Å². The Balaban J connectivity index is 0.00000261. The lowest BCUT2D eigenvalue weighted by atomic mass is 9.82. The van der Waals surface area contributed by atoms with Gasteiger partial charge in [-0.05, 0) is 59.4 Å². The van der Waals surface area contributed by atoms with Crippen molar-refractivity contribution in [3.05, 3.63) is 18.2 Å². The Hall–Kier alpha value is -0.830. The highest BCUT2D eigenvalue weighted by Gasteiger charge is 2.36. The number of hydrogen-bond acceptors (Lipinski definition) is 3. The van der Waals surface area contributed by atoms with Crippen molar-refractivity contribution in [2.75, 3.05) is 20.1 Å². The molecule has 154 valence electrons. The molecule has 2 saturated heterocycles. The summed E-state index contributed by atoms with van der Waals surface area (Å²) in [5.74, 6) is 2.09. The van der Waals surface area contributed by atoms with Crippen LogP contribution in [0.2, 0.25) is 0 Å². The summed E-state index contributed by atoms with van der Waals surface area (Å²) < 4.78 is 2.21. The largest absolute Gasteiger partial charge is 0.357 e. The molecule has 1 aromatic heterocycles. The lowest BCUT2D eigenvalue weighted by Crippen LogP contribution is -2.56. The van der Waals surface area contributed by atoms with Crippen molar-refractivity contribution in [1.82, 2.24) is 25.1 Å². The molecule has 2 bridgehead atoms. The number of imidazole rings is 1. The zero-order valence-electron chi connectivity index (χ0n) is 17.2. The minimum absolute atomic E-state index is 0. The van der Waals surface area contributed by atoms with Crippen LogP contribution >= 0.6 is 24.0 Å². The summed E-state index contributed by atoms with van der Waals surface area (Å²) in [7, 11) is 2.31. The molecule has 2 fully saturated rings. The Kier molecular flexibility index (Phi) is 9.35. The number of fused-ring (bicyclic) bond motifs is 2. The van der Waals surface area contributed by atoms with E-state index >= 15 is 0 Å². The fourth-order valence-corrected chi connectivity index (χ4v) is 4.47. The van der Waals surface area contributed by atoms with E-state index in [1.165, 1.54) is 32.1 Å². The number of nitrogens with zero attached hydrogens (tertiary/aromatic N) is 4. The summed E-state index contributed by atoms with van der Waals surface area (Å²) >= 11 is 0. The summed E-state index contributed by atoms with van der Waals surface area (Å²) in [5, 5.41) is 7.15. The van der Waals surface area contributed by atoms with Crippen LogP contribution < -0.4 is 10.6 Å². The number of hydrogen-bond donors (Lipinski definition) is 2. The Morgan fingerprint density at radius 1 is 1.26 bits per heavy atom. The maximum absolute atomic E-state index is 4.82. The molecule has 2 aliphatic heterocycles. The van der Waals surface area contributed by atoms with Gasteiger partial charge in [-0.15, -0.1) is 24.0 Å². The lowest BCUT2D eigenvalue weighted by Gasteiger charge is -2.47. The number of nitrogens with one attached hydrogen (secondary N) is 2. The Labute approximate surface area is 181 Å². The standard InChI is InChI=1S/C20H36N6.HI/c1-4-21-20(23-10-5-6-12-26-13-11-22-16(26)2)24-17-14-18-8-7-9-19(15-17)25(18)3;/h11,13,17-19H,4-10,12,14-15H2,1-3H3,(H2,21,23,24);1H. The zero-order chi connectivity index (χ0) is 18.4. The molecule has 3 rings (SSSR count). The van der Waals surface area contributed by atoms with Crippen molar-refractivity contribution in [3.63, 3.8) is 0 Å². The van der Waals surface area contributed by atoms with Crippen molar-refractivity contribution >= 4 is 29.9 Å². The monoisotopic (exact) mass is 488 g/mol. The minimum Gasteiger partial charge on any atom is -0.357 e. The van der Waals surface area contributed by atoms with Crippen molar-refractivity contribution < 1.29 is 0 Å². The first kappa shape index (κ1) is 22.5. The molecule has 2 atom stereocenters. The van der Waals surface area contributed by atoms with Crippen LogP contribution in [-0.2, 0) is 6.54 Å². The number of piperidine rings is 2. The zero-order valence-corrected chi connectivity index (χ0v) is 19.5. The number of aryl methyl sites for hydroxylation is 2. The SMILES string of the molecule is CCNC(=NCCCCn1ccnc1C)NC1CC2CCCC(C1)N2C.I. The number of halogens is 1. The van der Waals surface area contributed by atoms with Crippen LogP contribution in [0.4, 0.5) is 0 Å². The van der Waals surface area contributed by atoms with E-state index in [1.807, 2.05) is 6.20 Å². The van der Waals surface area contributed by atoms with Gasteiger partial charge < -0.3 is 20.1 Å². The van der Waals surface area contributed by atoms with Gasteiger partial charge in [0, 0.05) is 50.2 Å². The van der Waals surface area contributed by atoms with Gasteiger partial charge in [-0.25, -0.2) is 4.98 Å². The van der Waals surface area contributed by atoms with Crippen LogP contribution in [0.5, 0.6) is 0 Å². The van der Waals surface area contributed by atoms with Gasteiger partial charge in [-0.2, -0.15) is 0 Å². The maximum atomic E-state index is 4.82. The van der Waals surface area contributed by atoms with E-state index < -0.39 is 0 Å². The van der Waals surface area contributed by atoms with Gasteiger partial charge in [0.05, 0.1) is 0 Å². The molecule has 0 spiro atoms. The topological polar surface area (TPSA) is 57.5 Å². The van der Waals surface area contributed by atoms with Gasteiger partial charge in [0.1, 0.15) is 5.82 Å². The molecule has 7 heteroatoms. The predicted octanol–water partition coefficient (Wildman–Crippen LogP) is 3.16. The Morgan fingerprint density at radius 3 is 2.63 bits per heavy atom. The predicted molar refractivity (Wildman–Crippen MR) is 123 cm³/mol. The number of unbranched alkanes of at least 4 members (excludes halogenated alkanes) is 1. The summed E-state index contributed by atoms with van der Waals surface area (Å²) in [6.07, 6.45) is 12.8. The van der Waals surface area contributed by atoms with E-state index in [0.717, 1.165) is 56.3 Å². The highest BCUT2D eigenvalue weighted by molar-refractivity contribution is 14.0. The van der Waals surface area contributed by atoms with Crippen LogP contribution in [0.15, 0.2) is 17.4 Å². The van der Waals surface area contributed by atoms with Gasteiger partial charge in [0.15, 0.2) is 5.96 Å². The van der Waals surface area contributed by atoms with Crippen molar-refractivity contribution in [2.45, 2.75) is 83.5 Å². The minimum atomic E-state index is 0. The van der Waals surface area contributed by atoms with Crippen LogP contribution in [0.3, 0.4) is 0 Å². The van der Waals surface area contributed by atoms with E-state index in [9.17, 15) is 0 Å². The molecule has 2 N–H and O–H groups in total. The third kappa shape index (κ3) is 6.34. The Morgan fingerprint density at radius 2 is 2.00 bits per heavy atom. The van der Waals surface area contributed by atoms with E-state index in [2.05, 4.69) is 52.2 Å². The normalized spacial score (nSPS) is 25.7. The molecule has 0 saturated carbocycles. The molecule has 0 aromatic carbocycles. The second kappa shape index (κ2) is 11.2. The molecule has 1 aromatic rings. The number of aliphatic imine (C=N–C) groups is 1. The van der Waals surface area contributed by atoms with Crippen LogP contribution in [-0.4, -0.2) is 58.7 Å². The van der Waals surface area contributed by atoms with Crippen LogP contribution in [0, 0.1) is 6.92 Å². The van der Waals surface area contributed by atoms with E-state index in [0.29, 0.717) is 6.04 Å². The first-order valence-corrected chi connectivity index (χ1v) is 10.4. The number of guanidine groups is 1. The van der Waals surface area contributed by atoms with E-state index in [-0.39, 0.29) is 24.0 Å². The molecule has 2 unspecified atom stereocenters. The second-order valence-electron chi connectivity index (χ2n) is 7.85. The summed E-state index contributed by atoms with van der Waals surface area (Å²) in [6.45, 7) is 7.02. The maximum Gasteiger partial charge on any atom is 0.191 e. The summed E-state index contributed by atoms with van der Waals surface area (Å²) in [4.78, 5) is 11.7. The number of rotatable bonds is 7. The quantitative estimate of drug-likeness (QED) is 0.268. The average molecular weight is 488 g/mol. The smallest absolute Gasteiger partial charge is 0.191 e. The third-order valence-corrected chi connectivity index (χ3v) is 6.03. The van der Waals surface area contributed by atoms with Gasteiger partial charge in [-0.3, -0.25) is 4.99 Å². The molecule has 0 radical (unpaired) electrons. The van der Waals surface area contributed by atoms with Crippen molar-refractivity contribution in [2.24, 2.45) is 4.99 Å². The number of aromatic nitrogens is 2. The average Bonchev–Trinajstić information content (AvgIpc) is 3.00. The fraction of sp³-hybridized carbons (Fsp3) is 0.800. The van der Waals surface area contributed by atoms with Gasteiger partial charge in [-0.1, -0.05) is 6.42 Å². The third-order valence-electron chi connectivity index (χ3n) is 6.03. The highest BCUT2D eigenvalue weighted by atomic mass is 127. The highest BCUT2D eigenvalue weighted by Crippen LogP contribution is 2.32. The molecule has 0 aliphatic carbocycles. The molecule has 6 nitrogen and oxygen atoms in total. The first-order chi connectivity index (χ1) is 12.7. The second-order valence-corrected chi connectivity index (χ2v) is 7.85. The molecule has 0 amide bonds. The van der Waals surface area contributed by atoms with E-state index in [1.54, 1.807) is 0 Å². The molecular formula is C20H37IN6. The molecule has 3 heterocycles. The molecule has 2 aliphatic rings. The first-order valence-electron chi connectivity index (χ1n) is 10.4. The fourth-order valence-electron chi connectivity index (χ4n) is 4.47. The van der Waals surface area contributed by atoms with Gasteiger partial charge in [0.25, 0.3) is 0 Å². The van der Waals surface area contributed by atoms with Gasteiger partial charge in [0.2, 0.25) is 0 Å². The van der Waals surface area contributed by atoms with Gasteiger partial charge >= 0.3 is 0 Å². The molecule has 27 heavy (non-hydrogen) atoms. The molecular weight excluding hydrogens is 451 g/mol. The summed E-state index contributed by atoms with van der Waals surface area (Å²) in [6, 6.07) is 2.07. The summed E-state index contributed by atoms with van der Waals surface area (Å²) in [5.41, 5.74) is 0. The van der Waals surface area contributed by atoms with Crippen LogP contribution in [0.25, 0.3) is 0 Å². The van der Waals surface area contributed by atoms with E-state index in [4.69, 9.17) is 4.99 Å². The van der Waals surface area contributed by atoms with Crippen molar-refractivity contribution in [3.8, 4) is 0 Å². The Bertz CT molecular complexity index is 573.